The van der Waals surface area contributed by atoms with Gasteiger partial charge in [0, 0.05) is 24.1 Å². The first kappa shape index (κ1) is 20.8. The molecule has 6 nitrogen and oxygen atoms in total. The Morgan fingerprint density at radius 3 is 2.55 bits per heavy atom. The molecular weight excluding hydrogens is 389 g/mol. The first-order valence-corrected chi connectivity index (χ1v) is 12.2. The largest absolute Gasteiger partial charge is 0.443 e. The second-order valence-corrected chi connectivity index (χ2v) is 11.6. The minimum Gasteiger partial charge on any atom is -0.443 e. The van der Waals surface area contributed by atoms with Crippen LogP contribution in [0.1, 0.15) is 65.7 Å². The van der Waals surface area contributed by atoms with E-state index in [0.29, 0.717) is 30.6 Å². The molecule has 4 rings (SSSR count). The minimum atomic E-state index is -4.20. The molecule has 2 N–H and O–H groups in total. The number of hydrogen-bond donors (Lipinski definition) is 2. The third-order valence-corrected chi connectivity index (χ3v) is 9.84. The van der Waals surface area contributed by atoms with Crippen molar-refractivity contribution in [1.29, 1.82) is 5.26 Å². The zero-order chi connectivity index (χ0) is 21.2. The maximum Gasteiger partial charge on any atom is 0.352 e. The molecule has 7 heteroatoms. The number of allylic oxidation sites excluding steroid dienone is 4. The molecule has 0 saturated heterocycles. The summed E-state index contributed by atoms with van der Waals surface area (Å²) in [6.45, 7) is 5.75. The van der Waals surface area contributed by atoms with Gasteiger partial charge in [0.2, 0.25) is 5.60 Å². The summed E-state index contributed by atoms with van der Waals surface area (Å²) in [4.78, 5) is 31.0. The van der Waals surface area contributed by atoms with Crippen molar-refractivity contribution in [2.45, 2.75) is 71.3 Å². The van der Waals surface area contributed by atoms with Crippen LogP contribution in [0.15, 0.2) is 23.0 Å². The lowest BCUT2D eigenvalue weighted by molar-refractivity contribution is -0.168. The van der Waals surface area contributed by atoms with Crippen LogP contribution in [0.3, 0.4) is 0 Å². The van der Waals surface area contributed by atoms with Gasteiger partial charge in [0.1, 0.15) is 6.07 Å². The highest BCUT2D eigenvalue weighted by molar-refractivity contribution is 7.56. The smallest absolute Gasteiger partial charge is 0.352 e. The van der Waals surface area contributed by atoms with Gasteiger partial charge in [0.05, 0.1) is 0 Å². The zero-order valence-corrected chi connectivity index (χ0v) is 18.2. The fourth-order valence-corrected chi connectivity index (χ4v) is 7.87. The zero-order valence-electron chi connectivity index (χ0n) is 17.4. The molecule has 2 fully saturated rings. The molecule has 4 aliphatic rings. The van der Waals surface area contributed by atoms with Gasteiger partial charge in [-0.1, -0.05) is 19.9 Å². The van der Waals surface area contributed by atoms with Crippen molar-refractivity contribution in [3.63, 3.8) is 0 Å². The Morgan fingerprint density at radius 1 is 1.24 bits per heavy atom. The lowest BCUT2D eigenvalue weighted by atomic mass is 9.47. The summed E-state index contributed by atoms with van der Waals surface area (Å²) in [5.74, 6) is 0.734. The number of hydrogen-bond acceptors (Lipinski definition) is 4. The summed E-state index contributed by atoms with van der Waals surface area (Å²) >= 11 is 0. The van der Waals surface area contributed by atoms with Crippen LogP contribution in [0.5, 0.6) is 0 Å². The van der Waals surface area contributed by atoms with E-state index in [1.54, 1.807) is 6.08 Å². The molecule has 1 unspecified atom stereocenters. The fourth-order valence-electron chi connectivity index (χ4n) is 7.16. The van der Waals surface area contributed by atoms with Gasteiger partial charge in [-0.3, -0.25) is 9.36 Å². The van der Waals surface area contributed by atoms with E-state index >= 15 is 0 Å². The Bertz CT molecular complexity index is 897. The van der Waals surface area contributed by atoms with E-state index in [-0.39, 0.29) is 16.1 Å². The van der Waals surface area contributed by atoms with Gasteiger partial charge in [0.25, 0.3) is 0 Å². The third-order valence-electron chi connectivity index (χ3n) is 8.74. The van der Waals surface area contributed by atoms with E-state index in [1.165, 1.54) is 6.92 Å². The summed E-state index contributed by atoms with van der Waals surface area (Å²) in [5, 5.41) is 10.2. The van der Waals surface area contributed by atoms with Gasteiger partial charge in [0.15, 0.2) is 0 Å². The predicted octanol–water partition coefficient (Wildman–Crippen LogP) is 4.45. The lowest BCUT2D eigenvalue weighted by Crippen LogP contribution is -2.54. The average molecular weight is 419 g/mol. The van der Waals surface area contributed by atoms with Gasteiger partial charge >= 0.3 is 13.6 Å². The highest BCUT2D eigenvalue weighted by Crippen LogP contribution is 2.68. The molecule has 0 amide bonds. The van der Waals surface area contributed by atoms with Gasteiger partial charge in [-0.05, 0) is 73.3 Å². The van der Waals surface area contributed by atoms with Crippen molar-refractivity contribution in [2.24, 2.45) is 28.6 Å². The molecule has 4 aliphatic carbocycles. The summed E-state index contributed by atoms with van der Waals surface area (Å²) < 4.78 is 17.4. The van der Waals surface area contributed by atoms with Crippen LogP contribution in [-0.2, 0) is 14.1 Å². The van der Waals surface area contributed by atoms with Crippen LogP contribution in [0.4, 0.5) is 0 Å². The van der Waals surface area contributed by atoms with Crippen molar-refractivity contribution in [3.05, 3.63) is 23.0 Å². The first-order valence-electron chi connectivity index (χ1n) is 10.5. The number of nitriles is 1. The Hall–Kier alpha value is -1.41. The number of carbonyl (C=O) groups excluding carboxylic acids is 1. The van der Waals surface area contributed by atoms with Crippen molar-refractivity contribution < 1.29 is 23.9 Å². The molecule has 0 heterocycles. The normalized spacial score (nSPS) is 43.8. The molecule has 2 saturated carbocycles. The average Bonchev–Trinajstić information content (AvgIpc) is 2.92. The Kier molecular flexibility index (Phi) is 4.70. The van der Waals surface area contributed by atoms with Gasteiger partial charge in [-0.2, -0.15) is 5.26 Å². The van der Waals surface area contributed by atoms with Crippen LogP contribution >= 0.6 is 7.60 Å². The number of nitrogens with zero attached hydrogens (tertiary/aromatic N) is 1. The highest BCUT2D eigenvalue weighted by atomic mass is 31.2. The van der Waals surface area contributed by atoms with Crippen LogP contribution in [-0.4, -0.2) is 21.4 Å². The first-order chi connectivity index (χ1) is 13.5. The molecule has 0 spiro atoms. The van der Waals surface area contributed by atoms with Crippen LogP contribution in [0, 0.1) is 39.9 Å². The molecule has 0 aromatic heterocycles. The summed E-state index contributed by atoms with van der Waals surface area (Å²) in [6, 6.07) is 2.38. The standard InChI is InChI=1S/C22H30NO5P/c1-14(24)28-22(13-23)11-8-19-17-5-4-15-12-16(29(25,26)27)6-9-20(15,2)18(17)7-10-21(19,22)3/h4,12,17-19H,5-11H2,1-3H3,(H2,25,26,27)/t17-,18-,19+,20+,21+,22?/m1/s1. The van der Waals surface area contributed by atoms with Crippen molar-refractivity contribution in [2.75, 3.05) is 0 Å². The second kappa shape index (κ2) is 6.54. The van der Waals surface area contributed by atoms with Gasteiger partial charge in [-0.15, -0.1) is 0 Å². The van der Waals surface area contributed by atoms with Crippen LogP contribution in [0.2, 0.25) is 0 Å². The summed E-state index contributed by atoms with van der Waals surface area (Å²) in [6.07, 6.45) is 9.17. The quantitative estimate of drug-likeness (QED) is 0.506. The maximum atomic E-state index is 11.8. The van der Waals surface area contributed by atoms with E-state index in [4.69, 9.17) is 4.74 Å². The number of fused-ring (bicyclic) bond motifs is 5. The van der Waals surface area contributed by atoms with E-state index in [1.807, 2.05) is 0 Å². The maximum absolute atomic E-state index is 11.8. The van der Waals surface area contributed by atoms with Crippen molar-refractivity contribution in [1.82, 2.24) is 0 Å². The lowest BCUT2D eigenvalue weighted by Gasteiger charge is -2.57. The SMILES string of the molecule is CC(=O)OC1(C#N)CC[C@H]2[C@@H]3CC=C4C=C(P(=O)(O)O)CC[C@]4(C)[C@@H]3CC[C@@]21C. The molecular formula is C22H30NO5P. The molecule has 6 atom stereocenters. The Morgan fingerprint density at radius 2 is 1.93 bits per heavy atom. The number of carbonyl (C=O) groups is 1. The van der Waals surface area contributed by atoms with E-state index in [9.17, 15) is 24.4 Å². The Balaban J connectivity index is 1.69. The molecule has 0 radical (unpaired) electrons. The van der Waals surface area contributed by atoms with Crippen molar-refractivity contribution in [3.8, 4) is 6.07 Å². The van der Waals surface area contributed by atoms with E-state index < -0.39 is 19.2 Å². The molecule has 158 valence electrons. The number of ether oxygens (including phenoxy) is 1. The van der Waals surface area contributed by atoms with Crippen LogP contribution < -0.4 is 0 Å². The van der Waals surface area contributed by atoms with E-state index in [0.717, 1.165) is 37.7 Å². The number of esters is 1. The second-order valence-electron chi connectivity index (χ2n) is 9.90. The van der Waals surface area contributed by atoms with Gasteiger partial charge in [-0.25, -0.2) is 0 Å². The fraction of sp³-hybridized carbons (Fsp3) is 0.727. The molecule has 0 bridgehead atoms. The molecule has 0 aromatic rings. The van der Waals surface area contributed by atoms with Crippen LogP contribution in [0.25, 0.3) is 0 Å². The molecule has 29 heavy (non-hydrogen) atoms. The predicted molar refractivity (Wildman–Crippen MR) is 107 cm³/mol. The van der Waals surface area contributed by atoms with E-state index in [2.05, 4.69) is 26.0 Å². The monoisotopic (exact) mass is 419 g/mol. The molecule has 0 aliphatic heterocycles. The topological polar surface area (TPSA) is 108 Å². The third kappa shape index (κ3) is 2.89. The van der Waals surface area contributed by atoms with Crippen molar-refractivity contribution >= 4 is 13.6 Å². The Labute approximate surface area is 172 Å². The summed E-state index contributed by atoms with van der Waals surface area (Å²) in [5.41, 5.74) is -0.420. The minimum absolute atomic E-state index is 0.0950. The number of rotatable bonds is 2. The van der Waals surface area contributed by atoms with Gasteiger partial charge < -0.3 is 14.5 Å². The highest BCUT2D eigenvalue weighted by Gasteiger charge is 2.66. The molecule has 0 aromatic carbocycles. The summed E-state index contributed by atoms with van der Waals surface area (Å²) in [7, 11) is -4.20.